The summed E-state index contributed by atoms with van der Waals surface area (Å²) in [5, 5.41) is 12.5. The van der Waals surface area contributed by atoms with Crippen molar-refractivity contribution in [3.8, 4) is 0 Å². The van der Waals surface area contributed by atoms with Gasteiger partial charge in [-0.2, -0.15) is 0 Å². The molecule has 0 radical (unpaired) electrons. The molecule has 90 valence electrons. The summed E-state index contributed by atoms with van der Waals surface area (Å²) in [4.78, 5) is 2.72. The Morgan fingerprint density at radius 1 is 1.56 bits per heavy atom. The summed E-state index contributed by atoms with van der Waals surface area (Å²) < 4.78 is 1.21. The molecule has 2 rings (SSSR count). The van der Waals surface area contributed by atoms with Crippen molar-refractivity contribution in [3.05, 3.63) is 20.3 Å². The number of thiophene rings is 1. The monoisotopic (exact) mass is 303 g/mol. The van der Waals surface area contributed by atoms with Gasteiger partial charge in [-0.05, 0) is 53.6 Å². The Hall–Kier alpha value is 0.100. The van der Waals surface area contributed by atoms with E-state index in [0.717, 1.165) is 19.5 Å². The van der Waals surface area contributed by atoms with E-state index in [4.69, 9.17) is 5.11 Å². The highest BCUT2D eigenvalue weighted by Crippen LogP contribution is 2.47. The molecular formula is C12H18BrNOS. The second-order valence-electron chi connectivity index (χ2n) is 4.69. The lowest BCUT2D eigenvalue weighted by molar-refractivity contribution is 0.245. The first-order valence-electron chi connectivity index (χ1n) is 5.72. The van der Waals surface area contributed by atoms with Gasteiger partial charge in [0.2, 0.25) is 0 Å². The van der Waals surface area contributed by atoms with Crippen LogP contribution in [0.15, 0.2) is 10.5 Å². The van der Waals surface area contributed by atoms with Gasteiger partial charge in [0.1, 0.15) is 0 Å². The molecule has 0 unspecified atom stereocenters. The first kappa shape index (κ1) is 12.6. The number of halogens is 1. The molecule has 0 bridgehead atoms. The van der Waals surface area contributed by atoms with Crippen LogP contribution in [-0.4, -0.2) is 18.3 Å². The molecule has 1 aromatic heterocycles. The van der Waals surface area contributed by atoms with Gasteiger partial charge in [-0.25, -0.2) is 0 Å². The van der Waals surface area contributed by atoms with Crippen LogP contribution in [0.4, 0.5) is 0 Å². The average Bonchev–Trinajstić information content (AvgIpc) is 2.91. The molecule has 1 heterocycles. The summed E-state index contributed by atoms with van der Waals surface area (Å²) in [6, 6.07) is 2.19. The fourth-order valence-corrected chi connectivity index (χ4v) is 3.56. The van der Waals surface area contributed by atoms with E-state index in [1.165, 1.54) is 27.1 Å². The van der Waals surface area contributed by atoms with Crippen molar-refractivity contribution in [1.82, 2.24) is 5.32 Å². The summed E-state index contributed by atoms with van der Waals surface area (Å²) in [6.45, 7) is 4.45. The first-order chi connectivity index (χ1) is 7.65. The van der Waals surface area contributed by atoms with Gasteiger partial charge in [-0.3, -0.25) is 0 Å². The SMILES string of the molecule is Cc1sc(CNCC2(CCO)CC2)cc1Br. The van der Waals surface area contributed by atoms with Crippen molar-refractivity contribution < 1.29 is 5.11 Å². The van der Waals surface area contributed by atoms with Crippen LogP contribution in [0.3, 0.4) is 0 Å². The number of hydrogen-bond donors (Lipinski definition) is 2. The van der Waals surface area contributed by atoms with Crippen LogP contribution < -0.4 is 5.32 Å². The molecule has 4 heteroatoms. The standard InChI is InChI=1S/C12H18BrNOS/c1-9-11(13)6-10(16-9)7-14-8-12(2-3-12)4-5-15/h6,14-15H,2-5,7-8H2,1H3. The van der Waals surface area contributed by atoms with E-state index in [-0.39, 0.29) is 0 Å². The molecule has 0 atom stereocenters. The summed E-state index contributed by atoms with van der Waals surface area (Å²) in [6.07, 6.45) is 3.49. The van der Waals surface area contributed by atoms with Crippen LogP contribution in [0.5, 0.6) is 0 Å². The Morgan fingerprint density at radius 3 is 2.81 bits per heavy atom. The quantitative estimate of drug-likeness (QED) is 0.846. The normalized spacial score (nSPS) is 17.7. The van der Waals surface area contributed by atoms with Crippen molar-refractivity contribution in [2.75, 3.05) is 13.2 Å². The Bertz CT molecular complexity index is 340. The molecular weight excluding hydrogens is 286 g/mol. The summed E-state index contributed by atoms with van der Waals surface area (Å²) in [7, 11) is 0. The predicted molar refractivity (Wildman–Crippen MR) is 71.8 cm³/mol. The van der Waals surface area contributed by atoms with Crippen LogP contribution >= 0.6 is 27.3 Å². The zero-order valence-corrected chi connectivity index (χ0v) is 12.0. The zero-order chi connectivity index (χ0) is 11.6. The van der Waals surface area contributed by atoms with Gasteiger partial charge in [0.15, 0.2) is 0 Å². The van der Waals surface area contributed by atoms with Gasteiger partial charge in [0.05, 0.1) is 0 Å². The van der Waals surface area contributed by atoms with Crippen LogP contribution in [0.1, 0.15) is 29.0 Å². The lowest BCUT2D eigenvalue weighted by Gasteiger charge is -2.13. The molecule has 1 aliphatic rings. The zero-order valence-electron chi connectivity index (χ0n) is 9.55. The van der Waals surface area contributed by atoms with Gasteiger partial charge < -0.3 is 10.4 Å². The van der Waals surface area contributed by atoms with E-state index in [2.05, 4.69) is 34.2 Å². The van der Waals surface area contributed by atoms with Gasteiger partial charge in [-0.15, -0.1) is 11.3 Å². The molecule has 16 heavy (non-hydrogen) atoms. The molecule has 0 aliphatic heterocycles. The third-order valence-corrected chi connectivity index (χ3v) is 5.44. The minimum absolute atomic E-state index is 0.325. The van der Waals surface area contributed by atoms with Crippen LogP contribution in [0, 0.1) is 12.3 Å². The smallest absolute Gasteiger partial charge is 0.0436 e. The molecule has 1 aromatic rings. The highest BCUT2D eigenvalue weighted by molar-refractivity contribution is 9.10. The molecule has 2 nitrogen and oxygen atoms in total. The molecule has 1 saturated carbocycles. The third-order valence-electron chi connectivity index (χ3n) is 3.31. The second-order valence-corrected chi connectivity index (χ2v) is 6.89. The van der Waals surface area contributed by atoms with Gasteiger partial charge in [0, 0.05) is 33.9 Å². The fraction of sp³-hybridized carbons (Fsp3) is 0.667. The Kier molecular flexibility index (Phi) is 4.06. The van der Waals surface area contributed by atoms with E-state index < -0.39 is 0 Å². The Labute approximate surface area is 109 Å². The third kappa shape index (κ3) is 3.06. The van der Waals surface area contributed by atoms with E-state index >= 15 is 0 Å². The van der Waals surface area contributed by atoms with Crippen molar-refractivity contribution in [3.63, 3.8) is 0 Å². The minimum Gasteiger partial charge on any atom is -0.396 e. The second kappa shape index (κ2) is 5.17. The maximum absolute atomic E-state index is 8.97. The highest BCUT2D eigenvalue weighted by atomic mass is 79.9. The molecule has 0 aromatic carbocycles. The predicted octanol–water partition coefficient (Wildman–Crippen LogP) is 3.07. The Morgan fingerprint density at radius 2 is 2.31 bits per heavy atom. The van der Waals surface area contributed by atoms with Crippen molar-refractivity contribution in [2.24, 2.45) is 5.41 Å². The van der Waals surface area contributed by atoms with E-state index in [9.17, 15) is 0 Å². The highest BCUT2D eigenvalue weighted by Gasteiger charge is 2.41. The van der Waals surface area contributed by atoms with Gasteiger partial charge in [0.25, 0.3) is 0 Å². The van der Waals surface area contributed by atoms with Crippen LogP contribution in [0.25, 0.3) is 0 Å². The topological polar surface area (TPSA) is 32.3 Å². The van der Waals surface area contributed by atoms with Crippen molar-refractivity contribution in [2.45, 2.75) is 32.7 Å². The van der Waals surface area contributed by atoms with Gasteiger partial charge >= 0.3 is 0 Å². The molecule has 0 amide bonds. The van der Waals surface area contributed by atoms with Crippen molar-refractivity contribution in [1.29, 1.82) is 0 Å². The minimum atomic E-state index is 0.325. The van der Waals surface area contributed by atoms with E-state index in [1.807, 2.05) is 11.3 Å². The van der Waals surface area contributed by atoms with E-state index in [1.54, 1.807) is 0 Å². The molecule has 1 fully saturated rings. The summed E-state index contributed by atoms with van der Waals surface area (Å²) in [5.74, 6) is 0. The van der Waals surface area contributed by atoms with Crippen molar-refractivity contribution >= 4 is 27.3 Å². The Balaban J connectivity index is 1.76. The number of nitrogens with one attached hydrogen (secondary N) is 1. The summed E-state index contributed by atoms with van der Waals surface area (Å²) in [5.41, 5.74) is 0.415. The average molecular weight is 304 g/mol. The number of hydrogen-bond acceptors (Lipinski definition) is 3. The largest absolute Gasteiger partial charge is 0.396 e. The number of aliphatic hydroxyl groups excluding tert-OH is 1. The lowest BCUT2D eigenvalue weighted by atomic mass is 10.0. The fourth-order valence-electron chi connectivity index (χ4n) is 1.98. The number of aliphatic hydroxyl groups is 1. The first-order valence-corrected chi connectivity index (χ1v) is 7.33. The maximum atomic E-state index is 8.97. The maximum Gasteiger partial charge on any atom is 0.0436 e. The van der Waals surface area contributed by atoms with Crippen LogP contribution in [-0.2, 0) is 6.54 Å². The molecule has 2 N–H and O–H groups in total. The number of aryl methyl sites for hydroxylation is 1. The molecule has 1 aliphatic carbocycles. The van der Waals surface area contributed by atoms with Gasteiger partial charge in [-0.1, -0.05) is 0 Å². The number of rotatable bonds is 6. The van der Waals surface area contributed by atoms with Crippen LogP contribution in [0.2, 0.25) is 0 Å². The lowest BCUT2D eigenvalue weighted by Crippen LogP contribution is -2.24. The summed E-state index contributed by atoms with van der Waals surface area (Å²) >= 11 is 5.37. The molecule has 0 spiro atoms. The van der Waals surface area contributed by atoms with E-state index in [0.29, 0.717) is 12.0 Å². The molecule has 0 saturated heterocycles.